The fourth-order valence-electron chi connectivity index (χ4n) is 3.98. The molecule has 2 saturated heterocycles. The molecular formula is C15H23NO3. The van der Waals surface area contributed by atoms with Crippen LogP contribution in [0.1, 0.15) is 51.4 Å². The summed E-state index contributed by atoms with van der Waals surface area (Å²) in [6, 6.07) is 0.0309. The topological polar surface area (TPSA) is 55.4 Å². The minimum absolute atomic E-state index is 0.0309. The number of hydrogen-bond acceptors (Lipinski definition) is 3. The van der Waals surface area contributed by atoms with E-state index in [2.05, 4.69) is 5.32 Å². The molecule has 106 valence electrons. The van der Waals surface area contributed by atoms with Gasteiger partial charge in [0.05, 0.1) is 12.0 Å². The van der Waals surface area contributed by atoms with Crippen molar-refractivity contribution in [3.8, 4) is 0 Å². The van der Waals surface area contributed by atoms with E-state index in [1.165, 1.54) is 19.3 Å². The number of hydrogen-bond donors (Lipinski definition) is 1. The zero-order valence-corrected chi connectivity index (χ0v) is 11.4. The van der Waals surface area contributed by atoms with Crippen LogP contribution in [0.4, 0.5) is 0 Å². The molecule has 0 bridgehead atoms. The van der Waals surface area contributed by atoms with Crippen LogP contribution in [0, 0.1) is 11.8 Å². The van der Waals surface area contributed by atoms with Crippen molar-refractivity contribution in [3.63, 3.8) is 0 Å². The highest BCUT2D eigenvalue weighted by molar-refractivity contribution is 6.39. The lowest BCUT2D eigenvalue weighted by molar-refractivity contribution is -0.139. The number of rotatable bonds is 2. The number of ether oxygens (including phenoxy) is 1. The molecule has 3 aliphatic rings. The van der Waals surface area contributed by atoms with Gasteiger partial charge in [-0.3, -0.25) is 9.59 Å². The minimum Gasteiger partial charge on any atom is -0.377 e. The van der Waals surface area contributed by atoms with Crippen LogP contribution in [-0.4, -0.2) is 30.4 Å². The number of carbonyl (C=O) groups is 2. The third kappa shape index (κ3) is 2.55. The predicted molar refractivity (Wildman–Crippen MR) is 70.6 cm³/mol. The zero-order valence-electron chi connectivity index (χ0n) is 11.4. The summed E-state index contributed by atoms with van der Waals surface area (Å²) < 4.78 is 5.79. The Hall–Kier alpha value is -0.900. The van der Waals surface area contributed by atoms with Crippen LogP contribution in [0.2, 0.25) is 0 Å². The summed E-state index contributed by atoms with van der Waals surface area (Å²) in [6.07, 6.45) is 9.10. The van der Waals surface area contributed by atoms with E-state index < -0.39 is 0 Å². The number of Topliss-reactive ketones (excluding diaryl/α,β-unsaturated/α-hetero) is 1. The first-order valence-electron chi connectivity index (χ1n) is 7.73. The average molecular weight is 265 g/mol. The first-order chi connectivity index (χ1) is 9.27. The van der Waals surface area contributed by atoms with Gasteiger partial charge < -0.3 is 10.1 Å². The van der Waals surface area contributed by atoms with Gasteiger partial charge in [-0.25, -0.2) is 0 Å². The molecule has 0 radical (unpaired) electrons. The van der Waals surface area contributed by atoms with E-state index in [4.69, 9.17) is 4.74 Å². The van der Waals surface area contributed by atoms with E-state index in [1.54, 1.807) is 0 Å². The molecule has 3 rings (SSSR count). The minimum atomic E-state index is -0.380. The molecule has 1 N–H and O–H groups in total. The number of carbonyl (C=O) groups excluding carboxylic acids is 2. The van der Waals surface area contributed by atoms with Crippen molar-refractivity contribution >= 4 is 11.7 Å². The van der Waals surface area contributed by atoms with Crippen molar-refractivity contribution in [1.82, 2.24) is 5.32 Å². The van der Waals surface area contributed by atoms with Crippen LogP contribution in [0.3, 0.4) is 0 Å². The van der Waals surface area contributed by atoms with Crippen LogP contribution < -0.4 is 5.32 Å². The molecule has 2 heterocycles. The SMILES string of the molecule is O=C1N[C@@H](C2CCCCC2)C([C@@H]2CCCCO2)C1=O. The maximum atomic E-state index is 12.2. The van der Waals surface area contributed by atoms with Gasteiger partial charge in [-0.1, -0.05) is 19.3 Å². The smallest absolute Gasteiger partial charge is 0.288 e. The summed E-state index contributed by atoms with van der Waals surface area (Å²) in [6.45, 7) is 0.736. The molecule has 2 aliphatic heterocycles. The van der Waals surface area contributed by atoms with Crippen molar-refractivity contribution in [2.45, 2.75) is 63.5 Å². The fourth-order valence-corrected chi connectivity index (χ4v) is 3.98. The summed E-state index contributed by atoms with van der Waals surface area (Å²) in [5, 5.41) is 2.95. The van der Waals surface area contributed by atoms with E-state index in [9.17, 15) is 9.59 Å². The standard InChI is InChI=1S/C15H23NO3/c17-14-12(11-8-4-5-9-19-11)13(16-15(14)18)10-6-2-1-3-7-10/h10-13H,1-9H2,(H,16,18)/t11-,12?,13-/m0/s1. The molecule has 3 fully saturated rings. The highest BCUT2D eigenvalue weighted by atomic mass is 16.5. The van der Waals surface area contributed by atoms with Crippen LogP contribution in [0.25, 0.3) is 0 Å². The van der Waals surface area contributed by atoms with Crippen LogP contribution >= 0.6 is 0 Å². The summed E-state index contributed by atoms with van der Waals surface area (Å²) in [5.41, 5.74) is 0. The monoisotopic (exact) mass is 265 g/mol. The molecular weight excluding hydrogens is 242 g/mol. The highest BCUT2D eigenvalue weighted by Gasteiger charge is 2.49. The lowest BCUT2D eigenvalue weighted by atomic mass is 9.76. The molecule has 1 unspecified atom stereocenters. The number of ketones is 1. The van der Waals surface area contributed by atoms with Gasteiger partial charge in [0.15, 0.2) is 0 Å². The van der Waals surface area contributed by atoms with Gasteiger partial charge in [-0.05, 0) is 38.0 Å². The van der Waals surface area contributed by atoms with E-state index in [0.717, 1.165) is 38.7 Å². The second-order valence-electron chi connectivity index (χ2n) is 6.19. The van der Waals surface area contributed by atoms with Gasteiger partial charge in [0.25, 0.3) is 5.91 Å². The number of amides is 1. The van der Waals surface area contributed by atoms with Crippen LogP contribution in [0.5, 0.6) is 0 Å². The Morgan fingerprint density at radius 1 is 0.947 bits per heavy atom. The molecule has 0 aromatic carbocycles. The van der Waals surface area contributed by atoms with Crippen molar-refractivity contribution in [2.75, 3.05) is 6.61 Å². The molecule has 0 aromatic rings. The molecule has 0 spiro atoms. The zero-order chi connectivity index (χ0) is 13.2. The van der Waals surface area contributed by atoms with Crippen LogP contribution in [-0.2, 0) is 14.3 Å². The Balaban J connectivity index is 1.76. The first kappa shape index (κ1) is 13.1. The van der Waals surface area contributed by atoms with Gasteiger partial charge in [-0.15, -0.1) is 0 Å². The van der Waals surface area contributed by atoms with Gasteiger partial charge in [-0.2, -0.15) is 0 Å². The summed E-state index contributed by atoms with van der Waals surface area (Å²) in [4.78, 5) is 23.9. The molecule has 1 amide bonds. The van der Waals surface area contributed by atoms with Crippen molar-refractivity contribution < 1.29 is 14.3 Å². The molecule has 3 atom stereocenters. The lowest BCUT2D eigenvalue weighted by Crippen LogP contribution is -2.44. The number of nitrogens with one attached hydrogen (secondary N) is 1. The van der Waals surface area contributed by atoms with E-state index in [-0.39, 0.29) is 29.8 Å². The lowest BCUT2D eigenvalue weighted by Gasteiger charge is -2.35. The van der Waals surface area contributed by atoms with E-state index >= 15 is 0 Å². The Morgan fingerprint density at radius 3 is 2.37 bits per heavy atom. The maximum absolute atomic E-state index is 12.2. The quantitative estimate of drug-likeness (QED) is 0.775. The highest BCUT2D eigenvalue weighted by Crippen LogP contribution is 2.36. The summed E-state index contributed by atoms with van der Waals surface area (Å²) >= 11 is 0. The third-order valence-corrected chi connectivity index (χ3v) is 4.98. The average Bonchev–Trinajstić information content (AvgIpc) is 2.77. The summed E-state index contributed by atoms with van der Waals surface area (Å²) in [5.74, 6) is -0.368. The molecule has 0 aromatic heterocycles. The summed E-state index contributed by atoms with van der Waals surface area (Å²) in [7, 11) is 0. The fraction of sp³-hybridized carbons (Fsp3) is 0.867. The normalized spacial score (nSPS) is 37.4. The van der Waals surface area contributed by atoms with Gasteiger partial charge in [0.1, 0.15) is 0 Å². The van der Waals surface area contributed by atoms with Crippen molar-refractivity contribution in [1.29, 1.82) is 0 Å². The Labute approximate surface area is 114 Å². The van der Waals surface area contributed by atoms with Gasteiger partial charge >= 0.3 is 0 Å². The van der Waals surface area contributed by atoms with E-state index in [1.807, 2.05) is 0 Å². The predicted octanol–water partition coefficient (Wildman–Crippen LogP) is 1.82. The maximum Gasteiger partial charge on any atom is 0.288 e. The largest absolute Gasteiger partial charge is 0.377 e. The second kappa shape index (κ2) is 5.61. The Morgan fingerprint density at radius 2 is 1.68 bits per heavy atom. The third-order valence-electron chi connectivity index (χ3n) is 4.98. The molecule has 4 heteroatoms. The van der Waals surface area contributed by atoms with E-state index in [0.29, 0.717) is 5.92 Å². The molecule has 1 saturated carbocycles. The first-order valence-corrected chi connectivity index (χ1v) is 7.73. The van der Waals surface area contributed by atoms with Crippen LogP contribution in [0.15, 0.2) is 0 Å². The van der Waals surface area contributed by atoms with Gasteiger partial charge in [0.2, 0.25) is 5.78 Å². The molecule has 4 nitrogen and oxygen atoms in total. The van der Waals surface area contributed by atoms with Gasteiger partial charge in [0, 0.05) is 12.6 Å². The molecule has 1 aliphatic carbocycles. The Kier molecular flexibility index (Phi) is 3.87. The van der Waals surface area contributed by atoms with Crippen molar-refractivity contribution in [3.05, 3.63) is 0 Å². The van der Waals surface area contributed by atoms with Crippen molar-refractivity contribution in [2.24, 2.45) is 11.8 Å². The second-order valence-corrected chi connectivity index (χ2v) is 6.19. The molecule has 19 heavy (non-hydrogen) atoms. The Bertz CT molecular complexity index is 356.